The van der Waals surface area contributed by atoms with Crippen LogP contribution in [-0.4, -0.2) is 83.2 Å². The summed E-state index contributed by atoms with van der Waals surface area (Å²) in [5.41, 5.74) is 2.12. The Morgan fingerprint density at radius 3 is 2.11 bits per heavy atom. The van der Waals surface area contributed by atoms with Crippen LogP contribution in [0.5, 0.6) is 0 Å². The molecule has 2 saturated heterocycles. The van der Waals surface area contributed by atoms with Crippen LogP contribution in [-0.2, 0) is 22.7 Å². The fraction of sp³-hybridized carbons (Fsp3) is 0.368. The summed E-state index contributed by atoms with van der Waals surface area (Å²) in [4.78, 5) is 65.4. The number of Topliss-reactive ketones (excluding diaryl/α,β-unsaturated/α-hetero) is 2. The number of pyridine rings is 1. The van der Waals surface area contributed by atoms with Crippen LogP contribution in [0.15, 0.2) is 64.8 Å². The lowest BCUT2D eigenvalue weighted by Crippen LogP contribution is -2.49. The second-order valence-electron chi connectivity index (χ2n) is 13.9. The van der Waals surface area contributed by atoms with E-state index in [-0.39, 0.29) is 70.8 Å². The van der Waals surface area contributed by atoms with Crippen LogP contribution in [0.25, 0.3) is 32.9 Å². The van der Waals surface area contributed by atoms with Gasteiger partial charge >= 0.3 is 0 Å². The van der Waals surface area contributed by atoms with E-state index in [1.54, 1.807) is 24.4 Å². The van der Waals surface area contributed by atoms with Crippen molar-refractivity contribution in [3.05, 3.63) is 97.3 Å². The Hall–Kier alpha value is -4.88. The van der Waals surface area contributed by atoms with Crippen LogP contribution in [0.4, 0.5) is 0 Å². The average molecular weight is 772 g/mol. The van der Waals surface area contributed by atoms with E-state index in [9.17, 15) is 34.7 Å². The summed E-state index contributed by atoms with van der Waals surface area (Å²) in [6.45, 7) is 0.758. The highest BCUT2D eigenvalue weighted by atomic mass is 35.5. The number of halogens is 2. The molecule has 2 aliphatic heterocycles. The van der Waals surface area contributed by atoms with Gasteiger partial charge in [-0.25, -0.2) is 9.97 Å². The SMILES string of the molecule is N#Cc1cc2ncn(CC(=O)CC3NCC(c4cc(-c5cc6ncn(CC(=O)CC7NCCCC7O)c(=O)c6cc5Cl)ccn4)CC3O)c(=O)c2cc1Cl. The van der Waals surface area contributed by atoms with Crippen molar-refractivity contribution in [1.29, 1.82) is 5.26 Å². The topological polar surface area (TPSA) is 205 Å². The molecule has 2 fully saturated rings. The number of nitrogens with one attached hydrogen (secondary N) is 2. The van der Waals surface area contributed by atoms with E-state index in [1.165, 1.54) is 33.9 Å². The zero-order valence-electron chi connectivity index (χ0n) is 28.9. The number of hydrogen-bond donors (Lipinski definition) is 4. The van der Waals surface area contributed by atoms with Crippen molar-refractivity contribution in [2.45, 2.75) is 75.4 Å². The van der Waals surface area contributed by atoms with Gasteiger partial charge in [-0.3, -0.25) is 33.3 Å². The minimum atomic E-state index is -0.876. The molecule has 2 aliphatic rings. The number of carbonyl (C=O) groups is 2. The van der Waals surface area contributed by atoms with Crippen molar-refractivity contribution in [2.75, 3.05) is 13.1 Å². The lowest BCUT2D eigenvalue weighted by atomic mass is 9.87. The molecule has 14 nitrogen and oxygen atoms in total. The number of benzene rings is 2. The third-order valence-electron chi connectivity index (χ3n) is 10.2. The van der Waals surface area contributed by atoms with Gasteiger partial charge in [0.25, 0.3) is 11.1 Å². The molecule has 278 valence electrons. The lowest BCUT2D eigenvalue weighted by molar-refractivity contribution is -0.121. The summed E-state index contributed by atoms with van der Waals surface area (Å²) in [6.07, 6.45) is 4.68. The van der Waals surface area contributed by atoms with Crippen LogP contribution in [0.2, 0.25) is 10.0 Å². The van der Waals surface area contributed by atoms with Gasteiger partial charge in [0.05, 0.1) is 70.3 Å². The summed E-state index contributed by atoms with van der Waals surface area (Å²) in [5.74, 6) is -0.654. The van der Waals surface area contributed by atoms with Crippen LogP contribution in [0.3, 0.4) is 0 Å². The largest absolute Gasteiger partial charge is 0.391 e. The van der Waals surface area contributed by atoms with Crippen LogP contribution in [0, 0.1) is 11.3 Å². The molecular formula is C38H36Cl2N8O6. The van der Waals surface area contributed by atoms with E-state index in [0.717, 1.165) is 18.5 Å². The van der Waals surface area contributed by atoms with Crippen LogP contribution >= 0.6 is 23.2 Å². The zero-order valence-corrected chi connectivity index (χ0v) is 30.4. The molecule has 0 radical (unpaired) electrons. The monoisotopic (exact) mass is 770 g/mol. The first-order valence-corrected chi connectivity index (χ1v) is 18.3. The third kappa shape index (κ3) is 7.83. The molecule has 0 spiro atoms. The molecule has 0 amide bonds. The Labute approximate surface area is 318 Å². The van der Waals surface area contributed by atoms with Gasteiger partial charge in [0.15, 0.2) is 11.6 Å². The molecule has 0 saturated carbocycles. The molecule has 2 aromatic carbocycles. The van der Waals surface area contributed by atoms with Crippen molar-refractivity contribution in [3.63, 3.8) is 0 Å². The second kappa shape index (κ2) is 15.8. The van der Waals surface area contributed by atoms with Gasteiger partial charge in [-0.05, 0) is 67.8 Å². The number of hydrogen-bond acceptors (Lipinski definition) is 12. The van der Waals surface area contributed by atoms with E-state index < -0.39 is 29.4 Å². The number of ketones is 2. The van der Waals surface area contributed by atoms with Crippen LogP contribution in [0.1, 0.15) is 49.3 Å². The number of fused-ring (bicyclic) bond motifs is 2. The van der Waals surface area contributed by atoms with E-state index in [0.29, 0.717) is 46.7 Å². The molecular weight excluding hydrogens is 735 g/mol. The van der Waals surface area contributed by atoms with E-state index in [2.05, 4.69) is 25.6 Å². The van der Waals surface area contributed by atoms with Gasteiger partial charge in [0.1, 0.15) is 6.07 Å². The maximum Gasteiger partial charge on any atom is 0.261 e. The fourth-order valence-corrected chi connectivity index (χ4v) is 7.75. The van der Waals surface area contributed by atoms with E-state index in [1.807, 2.05) is 12.1 Å². The average Bonchev–Trinajstić information content (AvgIpc) is 3.16. The maximum absolute atomic E-state index is 13.3. The number of nitrogens with zero attached hydrogens (tertiary/aromatic N) is 6. The molecule has 0 aliphatic carbocycles. The molecule has 5 aromatic rings. The number of aliphatic hydroxyl groups excluding tert-OH is 2. The van der Waals surface area contributed by atoms with Crippen molar-refractivity contribution in [2.24, 2.45) is 0 Å². The predicted molar refractivity (Wildman–Crippen MR) is 201 cm³/mol. The van der Waals surface area contributed by atoms with E-state index >= 15 is 0 Å². The summed E-state index contributed by atoms with van der Waals surface area (Å²) in [7, 11) is 0. The molecule has 16 heteroatoms. The van der Waals surface area contributed by atoms with Gasteiger partial charge in [-0.2, -0.15) is 5.26 Å². The molecule has 5 atom stereocenters. The summed E-state index contributed by atoms with van der Waals surface area (Å²) in [5, 5.41) is 37.8. The summed E-state index contributed by atoms with van der Waals surface area (Å²) < 4.78 is 2.44. The smallest absolute Gasteiger partial charge is 0.261 e. The number of nitriles is 1. The second-order valence-corrected chi connectivity index (χ2v) is 14.7. The molecule has 5 heterocycles. The Morgan fingerprint density at radius 1 is 0.852 bits per heavy atom. The molecule has 0 bridgehead atoms. The Bertz CT molecular complexity index is 2450. The number of rotatable bonds is 10. The minimum Gasteiger partial charge on any atom is -0.391 e. The molecule has 3 aromatic heterocycles. The normalized spacial score (nSPS) is 21.6. The number of carbonyl (C=O) groups excluding carboxylic acids is 2. The van der Waals surface area contributed by atoms with Crippen LogP contribution < -0.4 is 21.8 Å². The highest BCUT2D eigenvalue weighted by Gasteiger charge is 2.32. The lowest BCUT2D eigenvalue weighted by Gasteiger charge is -2.34. The highest BCUT2D eigenvalue weighted by Crippen LogP contribution is 2.33. The Kier molecular flexibility index (Phi) is 11.0. The third-order valence-corrected chi connectivity index (χ3v) is 10.8. The molecule has 7 rings (SSSR count). The highest BCUT2D eigenvalue weighted by molar-refractivity contribution is 6.34. The van der Waals surface area contributed by atoms with Gasteiger partial charge in [-0.15, -0.1) is 0 Å². The molecule has 4 N–H and O–H groups in total. The van der Waals surface area contributed by atoms with Crippen molar-refractivity contribution < 1.29 is 19.8 Å². The summed E-state index contributed by atoms with van der Waals surface area (Å²) in [6, 6.07) is 10.8. The quantitative estimate of drug-likeness (QED) is 0.162. The predicted octanol–water partition coefficient (Wildman–Crippen LogP) is 2.88. The number of aliphatic hydroxyl groups is 2. The zero-order chi connectivity index (χ0) is 38.1. The minimum absolute atomic E-state index is 0.0175. The standard InChI is InChI=1S/C38H36Cl2N8O6/c39-28-11-26-31(7-21(28)14-41)45-18-47(37(26)53)17-24(50)10-34-36(52)8-22(15-44-34)30-6-20(3-5-43-30)25-13-32-27(12-29(25)40)38(54)48(19-46-32)16-23(49)9-33-35(51)2-1-4-42-33/h3,5-7,11-13,18-19,22,33-36,42,44,51-52H,1-2,4,8-10,15-17H2. The van der Waals surface area contributed by atoms with Crippen molar-refractivity contribution >= 4 is 56.6 Å². The van der Waals surface area contributed by atoms with Gasteiger partial charge in [-0.1, -0.05) is 23.2 Å². The van der Waals surface area contributed by atoms with Gasteiger partial charge in [0, 0.05) is 59.9 Å². The number of piperidine rings is 2. The van der Waals surface area contributed by atoms with Gasteiger partial charge < -0.3 is 20.8 Å². The fourth-order valence-electron chi connectivity index (χ4n) is 7.28. The van der Waals surface area contributed by atoms with Gasteiger partial charge in [0.2, 0.25) is 0 Å². The first kappa shape index (κ1) is 37.4. The Morgan fingerprint density at radius 2 is 1.48 bits per heavy atom. The first-order valence-electron chi connectivity index (χ1n) is 17.6. The van der Waals surface area contributed by atoms with Crippen molar-refractivity contribution in [3.8, 4) is 17.2 Å². The Balaban J connectivity index is 1.00. The summed E-state index contributed by atoms with van der Waals surface area (Å²) >= 11 is 12.8. The van der Waals surface area contributed by atoms with E-state index in [4.69, 9.17) is 23.2 Å². The molecule has 54 heavy (non-hydrogen) atoms. The maximum atomic E-state index is 13.3. The number of aromatic nitrogens is 5. The van der Waals surface area contributed by atoms with Crippen molar-refractivity contribution in [1.82, 2.24) is 34.7 Å². The molecule has 5 unspecified atom stereocenters. The first-order chi connectivity index (χ1) is 26.0.